The van der Waals surface area contributed by atoms with Gasteiger partial charge in [-0.2, -0.15) is 0 Å². The molecular formula is C14H22N2O. The summed E-state index contributed by atoms with van der Waals surface area (Å²) in [6, 6.07) is 8.09. The van der Waals surface area contributed by atoms with Crippen LogP contribution in [0.2, 0.25) is 0 Å². The molecule has 0 spiro atoms. The number of amides is 1. The minimum Gasteiger partial charge on any atom is -0.326 e. The van der Waals surface area contributed by atoms with E-state index in [1.807, 2.05) is 19.2 Å². The predicted octanol–water partition coefficient (Wildman–Crippen LogP) is 2.43. The Hall–Kier alpha value is -1.35. The lowest BCUT2D eigenvalue weighted by Crippen LogP contribution is -2.18. The topological polar surface area (TPSA) is 41.1 Å². The Kier molecular flexibility index (Phi) is 5.70. The van der Waals surface area contributed by atoms with Gasteiger partial charge in [-0.1, -0.05) is 26.0 Å². The van der Waals surface area contributed by atoms with E-state index < -0.39 is 0 Å². The smallest absolute Gasteiger partial charge is 0.225 e. The quantitative estimate of drug-likeness (QED) is 0.793. The Bertz CT molecular complexity index is 344. The maximum absolute atomic E-state index is 11.5. The molecule has 0 aliphatic rings. The molecule has 2 N–H and O–H groups in total. The first-order valence-corrected chi connectivity index (χ1v) is 6.15. The lowest BCUT2D eigenvalue weighted by molar-refractivity contribution is -0.116. The van der Waals surface area contributed by atoms with Crippen LogP contribution in [0.3, 0.4) is 0 Å². The van der Waals surface area contributed by atoms with Crippen molar-refractivity contribution in [2.75, 3.05) is 18.9 Å². The van der Waals surface area contributed by atoms with Crippen LogP contribution in [0.25, 0.3) is 0 Å². The minimum atomic E-state index is 0.0518. The highest BCUT2D eigenvalue weighted by Gasteiger charge is 2.02. The van der Waals surface area contributed by atoms with Crippen LogP contribution >= 0.6 is 0 Å². The molecule has 0 heterocycles. The van der Waals surface area contributed by atoms with Gasteiger partial charge in [0, 0.05) is 18.7 Å². The summed E-state index contributed by atoms with van der Waals surface area (Å²) in [6.07, 6.45) is 1.58. The molecule has 0 bridgehead atoms. The second-order valence-corrected chi connectivity index (χ2v) is 4.70. The van der Waals surface area contributed by atoms with Crippen molar-refractivity contribution in [1.29, 1.82) is 0 Å². The van der Waals surface area contributed by atoms with Crippen molar-refractivity contribution in [2.45, 2.75) is 26.7 Å². The number of anilines is 1. The Balaban J connectivity index is 2.47. The van der Waals surface area contributed by atoms with Crippen LogP contribution < -0.4 is 10.6 Å². The first kappa shape index (κ1) is 13.7. The average Bonchev–Trinajstić information content (AvgIpc) is 2.28. The van der Waals surface area contributed by atoms with Crippen LogP contribution in [0.4, 0.5) is 5.69 Å². The first-order chi connectivity index (χ1) is 8.11. The number of carbonyl (C=O) groups is 1. The zero-order valence-corrected chi connectivity index (χ0v) is 10.9. The number of nitrogens with one attached hydrogen (secondary N) is 2. The summed E-state index contributed by atoms with van der Waals surface area (Å²) in [6.45, 7) is 5.11. The van der Waals surface area contributed by atoms with Gasteiger partial charge in [0.05, 0.1) is 0 Å². The molecule has 1 aromatic rings. The monoisotopic (exact) mass is 234 g/mol. The van der Waals surface area contributed by atoms with Crippen molar-refractivity contribution in [2.24, 2.45) is 5.92 Å². The number of rotatable bonds is 6. The van der Waals surface area contributed by atoms with Crippen molar-refractivity contribution in [3.8, 4) is 0 Å². The normalized spacial score (nSPS) is 10.6. The lowest BCUT2D eigenvalue weighted by Gasteiger charge is -2.08. The largest absolute Gasteiger partial charge is 0.326 e. The van der Waals surface area contributed by atoms with E-state index in [4.69, 9.17) is 0 Å². The van der Waals surface area contributed by atoms with Gasteiger partial charge in [-0.05, 0) is 37.1 Å². The van der Waals surface area contributed by atoms with Crippen molar-refractivity contribution in [1.82, 2.24) is 5.32 Å². The van der Waals surface area contributed by atoms with Crippen LogP contribution in [0, 0.1) is 5.92 Å². The Morgan fingerprint density at radius 1 is 1.24 bits per heavy atom. The molecule has 3 nitrogen and oxygen atoms in total. The number of hydrogen-bond acceptors (Lipinski definition) is 2. The molecule has 0 unspecified atom stereocenters. The molecule has 3 heteroatoms. The highest BCUT2D eigenvalue weighted by atomic mass is 16.1. The van der Waals surface area contributed by atoms with E-state index in [2.05, 4.69) is 36.6 Å². The molecule has 1 aromatic carbocycles. The third-order valence-corrected chi connectivity index (χ3v) is 2.48. The zero-order chi connectivity index (χ0) is 12.7. The van der Waals surface area contributed by atoms with Crippen molar-refractivity contribution in [3.05, 3.63) is 29.8 Å². The number of hydrogen-bond donors (Lipinski definition) is 2. The Labute approximate surface area is 104 Å². The summed E-state index contributed by atoms with van der Waals surface area (Å²) >= 11 is 0. The molecule has 0 aliphatic heterocycles. The fourth-order valence-electron chi connectivity index (χ4n) is 1.66. The number of carbonyl (C=O) groups excluding carboxylic acids is 1. The van der Waals surface area contributed by atoms with Gasteiger partial charge >= 0.3 is 0 Å². The van der Waals surface area contributed by atoms with Crippen molar-refractivity contribution < 1.29 is 4.79 Å². The van der Waals surface area contributed by atoms with E-state index in [1.54, 1.807) is 0 Å². The molecule has 0 aliphatic carbocycles. The SMILES string of the molecule is CNCCC(=O)Nc1ccc(CC(C)C)cc1. The van der Waals surface area contributed by atoms with Gasteiger partial charge in [0.1, 0.15) is 0 Å². The van der Waals surface area contributed by atoms with Gasteiger partial charge in [-0.25, -0.2) is 0 Å². The van der Waals surface area contributed by atoms with E-state index in [1.165, 1.54) is 5.56 Å². The van der Waals surface area contributed by atoms with Gasteiger partial charge < -0.3 is 10.6 Å². The maximum atomic E-state index is 11.5. The Morgan fingerprint density at radius 3 is 2.41 bits per heavy atom. The molecule has 0 saturated carbocycles. The van der Waals surface area contributed by atoms with E-state index in [0.29, 0.717) is 18.9 Å². The molecule has 0 atom stereocenters. The van der Waals surface area contributed by atoms with Gasteiger partial charge in [-0.3, -0.25) is 4.79 Å². The number of benzene rings is 1. The van der Waals surface area contributed by atoms with Crippen molar-refractivity contribution in [3.63, 3.8) is 0 Å². The van der Waals surface area contributed by atoms with Crippen LogP contribution in [-0.4, -0.2) is 19.5 Å². The Morgan fingerprint density at radius 2 is 1.88 bits per heavy atom. The molecule has 0 saturated heterocycles. The predicted molar refractivity (Wildman–Crippen MR) is 72.2 cm³/mol. The second kappa shape index (κ2) is 7.07. The molecule has 1 amide bonds. The van der Waals surface area contributed by atoms with Crippen LogP contribution in [0.5, 0.6) is 0 Å². The summed E-state index contributed by atoms with van der Waals surface area (Å²) < 4.78 is 0. The fraction of sp³-hybridized carbons (Fsp3) is 0.500. The first-order valence-electron chi connectivity index (χ1n) is 6.15. The van der Waals surface area contributed by atoms with Crippen LogP contribution in [0.1, 0.15) is 25.8 Å². The third kappa shape index (κ3) is 5.50. The molecule has 0 radical (unpaired) electrons. The van der Waals surface area contributed by atoms with Gasteiger partial charge in [0.2, 0.25) is 5.91 Å². The van der Waals surface area contributed by atoms with E-state index in [0.717, 1.165) is 12.1 Å². The third-order valence-electron chi connectivity index (χ3n) is 2.48. The highest BCUT2D eigenvalue weighted by Crippen LogP contribution is 2.13. The zero-order valence-electron chi connectivity index (χ0n) is 10.9. The molecule has 94 valence electrons. The summed E-state index contributed by atoms with van der Waals surface area (Å²) in [5.74, 6) is 0.710. The summed E-state index contributed by atoms with van der Waals surface area (Å²) in [4.78, 5) is 11.5. The molecule has 17 heavy (non-hydrogen) atoms. The summed E-state index contributed by atoms with van der Waals surface area (Å²) in [5.41, 5.74) is 2.19. The summed E-state index contributed by atoms with van der Waals surface area (Å²) in [7, 11) is 1.84. The standard InChI is InChI=1S/C14H22N2O/c1-11(2)10-12-4-6-13(7-5-12)16-14(17)8-9-15-3/h4-7,11,15H,8-10H2,1-3H3,(H,16,17). The molecular weight excluding hydrogens is 212 g/mol. The maximum Gasteiger partial charge on any atom is 0.225 e. The van der Waals surface area contributed by atoms with E-state index >= 15 is 0 Å². The average molecular weight is 234 g/mol. The fourth-order valence-corrected chi connectivity index (χ4v) is 1.66. The molecule has 1 rings (SSSR count). The molecule has 0 aromatic heterocycles. The van der Waals surface area contributed by atoms with Gasteiger partial charge in [0.25, 0.3) is 0 Å². The van der Waals surface area contributed by atoms with Crippen LogP contribution in [-0.2, 0) is 11.2 Å². The van der Waals surface area contributed by atoms with Crippen LogP contribution in [0.15, 0.2) is 24.3 Å². The lowest BCUT2D eigenvalue weighted by atomic mass is 10.0. The summed E-state index contributed by atoms with van der Waals surface area (Å²) in [5, 5.41) is 5.83. The van der Waals surface area contributed by atoms with E-state index in [9.17, 15) is 4.79 Å². The second-order valence-electron chi connectivity index (χ2n) is 4.70. The highest BCUT2D eigenvalue weighted by molar-refractivity contribution is 5.90. The van der Waals surface area contributed by atoms with Crippen molar-refractivity contribution >= 4 is 11.6 Å². The van der Waals surface area contributed by atoms with Gasteiger partial charge in [-0.15, -0.1) is 0 Å². The van der Waals surface area contributed by atoms with Gasteiger partial charge in [0.15, 0.2) is 0 Å². The minimum absolute atomic E-state index is 0.0518. The van der Waals surface area contributed by atoms with E-state index in [-0.39, 0.29) is 5.91 Å². The molecule has 0 fully saturated rings.